The Kier molecular flexibility index (Phi) is 15.7. The summed E-state index contributed by atoms with van der Waals surface area (Å²) in [5.41, 5.74) is 2.77. The molecule has 0 bridgehead atoms. The minimum atomic E-state index is -4.41. The van der Waals surface area contributed by atoms with Crippen LogP contribution in [0.2, 0.25) is 0 Å². The van der Waals surface area contributed by atoms with Crippen LogP contribution < -0.4 is 11.4 Å². The normalized spacial score (nSPS) is 17.2. The zero-order chi connectivity index (χ0) is 31.3. The van der Waals surface area contributed by atoms with Gasteiger partial charge in [0.15, 0.2) is 0 Å². The Hall–Kier alpha value is -2.46. The van der Waals surface area contributed by atoms with E-state index >= 15 is 0 Å². The molecule has 1 saturated heterocycles. The van der Waals surface area contributed by atoms with Crippen LogP contribution in [0.15, 0.2) is 10.9 Å². The van der Waals surface area contributed by atoms with Crippen LogP contribution in [0.1, 0.15) is 60.6 Å². The molecule has 15 nitrogen and oxygen atoms in total. The minimum Gasteiger partial charge on any atom is -0.437 e. The van der Waals surface area contributed by atoms with Crippen LogP contribution in [0.25, 0.3) is 0 Å². The molecule has 0 amide bonds. The van der Waals surface area contributed by atoms with Gasteiger partial charge in [0.2, 0.25) is 19.5 Å². The Morgan fingerprint density at radius 3 is 1.93 bits per heavy atom. The maximum atomic E-state index is 14.2. The first-order valence-corrected chi connectivity index (χ1v) is 13.5. The van der Waals surface area contributed by atoms with Crippen molar-refractivity contribution in [2.45, 2.75) is 66.7 Å². The lowest BCUT2D eigenvalue weighted by Crippen LogP contribution is -2.30. The molecule has 17 heteroatoms. The average molecular weight is 602 g/mol. The predicted octanol–water partition coefficient (Wildman–Crippen LogP) is 2.11. The molecule has 1 aliphatic heterocycles. The maximum Gasteiger partial charge on any atom is 0.480 e. The number of hydrogen-bond acceptors (Lipinski definition) is 14. The van der Waals surface area contributed by atoms with Gasteiger partial charge in [-0.05, 0) is 54.4 Å². The van der Waals surface area contributed by atoms with Gasteiger partial charge in [-0.3, -0.25) is 14.1 Å². The Morgan fingerprint density at radius 1 is 1.02 bits per heavy atom. The van der Waals surface area contributed by atoms with E-state index in [9.17, 15) is 23.3 Å². The largest absolute Gasteiger partial charge is 0.480 e. The van der Waals surface area contributed by atoms with Crippen LogP contribution >= 0.6 is 7.82 Å². The lowest BCUT2D eigenvalue weighted by molar-refractivity contribution is -0.163. The van der Waals surface area contributed by atoms with E-state index in [0.29, 0.717) is 11.0 Å². The number of nitrogens with zero attached hydrogens (tertiary/aromatic N) is 2. The Morgan fingerprint density at radius 2 is 1.50 bits per heavy atom. The summed E-state index contributed by atoms with van der Waals surface area (Å²) in [5, 5.41) is 14.0. The number of aromatic nitrogens is 2. The van der Waals surface area contributed by atoms with Crippen molar-refractivity contribution in [3.05, 3.63) is 22.5 Å². The predicted molar refractivity (Wildman–Crippen MR) is 139 cm³/mol. The highest BCUT2D eigenvalue weighted by molar-refractivity contribution is 7.48. The standard InChI is InChI=1S/C21H33FN3O10P.2CH4O/c1-20(2,3)17(26)30-11-33-36(29,34-12-31-18(27)21(4,5)6)32-10-13-7-8-16(35-13)25-14(22)9-15(23)24-19(25)28;2*1-2/h9,13,16H,7-8,10-12H2,1-6H3,(H2,23,24,28);2*2H,1H3. The highest BCUT2D eigenvalue weighted by Gasteiger charge is 2.35. The zero-order valence-corrected chi connectivity index (χ0v) is 24.9. The molecule has 2 heterocycles. The molecule has 4 N–H and O–H groups in total. The molecule has 2 atom stereocenters. The number of anilines is 1. The molecular weight excluding hydrogens is 560 g/mol. The Balaban J connectivity index is 0.00000363. The van der Waals surface area contributed by atoms with Crippen molar-refractivity contribution in [1.29, 1.82) is 0 Å². The first-order chi connectivity index (χ1) is 18.5. The molecule has 232 valence electrons. The molecule has 1 aliphatic rings. The number of carbonyl (C=O) groups is 2. The smallest absolute Gasteiger partial charge is 0.437 e. The van der Waals surface area contributed by atoms with E-state index in [0.717, 1.165) is 20.3 Å². The van der Waals surface area contributed by atoms with Crippen LogP contribution in [0.5, 0.6) is 0 Å². The van der Waals surface area contributed by atoms with Gasteiger partial charge in [-0.25, -0.2) is 23.0 Å². The van der Waals surface area contributed by atoms with Crippen molar-refractivity contribution in [1.82, 2.24) is 9.55 Å². The van der Waals surface area contributed by atoms with Crippen molar-refractivity contribution >= 4 is 25.6 Å². The third-order valence-electron chi connectivity index (χ3n) is 4.75. The Bertz CT molecular complexity index is 1020. The van der Waals surface area contributed by atoms with Crippen molar-refractivity contribution in [2.24, 2.45) is 10.8 Å². The van der Waals surface area contributed by atoms with E-state index < -0.39 is 68.1 Å². The summed E-state index contributed by atoms with van der Waals surface area (Å²) in [7, 11) is -2.41. The van der Waals surface area contributed by atoms with Crippen molar-refractivity contribution in [3.63, 3.8) is 0 Å². The number of esters is 2. The van der Waals surface area contributed by atoms with E-state index in [1.807, 2.05) is 0 Å². The van der Waals surface area contributed by atoms with Crippen molar-refractivity contribution < 1.29 is 56.5 Å². The molecule has 0 aromatic carbocycles. The monoisotopic (exact) mass is 601 g/mol. The number of ether oxygens (including phenoxy) is 3. The fraction of sp³-hybridized carbons (Fsp3) is 0.739. The van der Waals surface area contributed by atoms with Crippen molar-refractivity contribution in [2.75, 3.05) is 40.1 Å². The van der Waals surface area contributed by atoms with Gasteiger partial charge < -0.3 is 30.2 Å². The van der Waals surface area contributed by atoms with Crippen molar-refractivity contribution in [3.8, 4) is 0 Å². The molecule has 1 aromatic heterocycles. The first-order valence-electron chi connectivity index (χ1n) is 12.0. The van der Waals surface area contributed by atoms with Gasteiger partial charge in [-0.15, -0.1) is 0 Å². The molecule has 0 saturated carbocycles. The number of phosphoric ester groups is 1. The number of hydrogen-bond donors (Lipinski definition) is 3. The van der Waals surface area contributed by atoms with Crippen LogP contribution in [0.3, 0.4) is 0 Å². The average Bonchev–Trinajstić information content (AvgIpc) is 3.32. The summed E-state index contributed by atoms with van der Waals surface area (Å²) >= 11 is 0. The summed E-state index contributed by atoms with van der Waals surface area (Å²) in [6.07, 6.45) is -1.18. The molecule has 0 aliphatic carbocycles. The van der Waals surface area contributed by atoms with Gasteiger partial charge in [-0.2, -0.15) is 9.37 Å². The molecule has 0 radical (unpaired) electrons. The molecule has 2 rings (SSSR count). The van der Waals surface area contributed by atoms with E-state index in [1.165, 1.54) is 0 Å². The number of aliphatic hydroxyl groups excluding tert-OH is 2. The molecule has 1 fully saturated rings. The highest BCUT2D eigenvalue weighted by Crippen LogP contribution is 2.50. The van der Waals surface area contributed by atoms with E-state index in [2.05, 4.69) is 4.98 Å². The number of halogens is 1. The van der Waals surface area contributed by atoms with E-state index in [1.54, 1.807) is 41.5 Å². The second-order valence-corrected chi connectivity index (χ2v) is 11.7. The fourth-order valence-corrected chi connectivity index (χ4v) is 3.68. The molecule has 1 aromatic rings. The highest BCUT2D eigenvalue weighted by atomic mass is 31.2. The number of phosphoric acid groups is 1. The van der Waals surface area contributed by atoms with Crippen LogP contribution in [-0.4, -0.2) is 72.2 Å². The summed E-state index contributed by atoms with van der Waals surface area (Å²) in [5.74, 6) is -2.43. The third-order valence-corrected chi connectivity index (χ3v) is 6.05. The zero-order valence-electron chi connectivity index (χ0n) is 24.0. The number of nitrogen functional groups attached to an aromatic ring is 1. The quantitative estimate of drug-likeness (QED) is 0.152. The molecule has 2 unspecified atom stereocenters. The van der Waals surface area contributed by atoms with Gasteiger partial charge >= 0.3 is 25.5 Å². The molecule has 40 heavy (non-hydrogen) atoms. The number of rotatable bonds is 10. The van der Waals surface area contributed by atoms with Crippen LogP contribution in [0.4, 0.5) is 10.2 Å². The SMILES string of the molecule is CC(C)(C)C(=O)OCOP(=O)(OCOC(=O)C(C)(C)C)OCC1CCC(n2c(F)cc(N)nc2=O)O1.CO.CO. The minimum absolute atomic E-state index is 0.231. The number of aliphatic hydroxyl groups is 2. The summed E-state index contributed by atoms with van der Waals surface area (Å²) in [6.45, 7) is 7.84. The van der Waals surface area contributed by atoms with Gasteiger partial charge in [-0.1, -0.05) is 0 Å². The van der Waals surface area contributed by atoms with Crippen LogP contribution in [-0.2, 0) is 41.9 Å². The van der Waals surface area contributed by atoms with E-state index in [-0.39, 0.29) is 18.8 Å². The third kappa shape index (κ3) is 12.4. The van der Waals surface area contributed by atoms with Gasteiger partial charge in [0.1, 0.15) is 12.0 Å². The van der Waals surface area contributed by atoms with Crippen LogP contribution in [0, 0.1) is 16.8 Å². The van der Waals surface area contributed by atoms with Gasteiger partial charge in [0, 0.05) is 20.3 Å². The number of nitrogens with two attached hydrogens (primary N) is 1. The molecule has 0 spiro atoms. The lowest BCUT2D eigenvalue weighted by Gasteiger charge is -2.22. The topological polar surface area (TPSA) is 208 Å². The van der Waals surface area contributed by atoms with Gasteiger partial charge in [0.05, 0.1) is 23.5 Å². The lowest BCUT2D eigenvalue weighted by atomic mass is 9.98. The van der Waals surface area contributed by atoms with Gasteiger partial charge in [0.25, 0.3) is 0 Å². The first kappa shape index (κ1) is 37.5. The van der Waals surface area contributed by atoms with E-state index in [4.69, 9.17) is 43.7 Å². The fourth-order valence-electron chi connectivity index (χ4n) is 2.75. The second-order valence-electron chi connectivity index (χ2n) is 10.0. The second kappa shape index (κ2) is 16.7. The number of carbonyl (C=O) groups excluding carboxylic acids is 2. The molecular formula is C23H41FN3O12P. The summed E-state index contributed by atoms with van der Waals surface area (Å²) in [6, 6.07) is 0.891. The Labute approximate surface area is 232 Å². The summed E-state index contributed by atoms with van der Waals surface area (Å²) in [4.78, 5) is 39.4. The summed E-state index contributed by atoms with van der Waals surface area (Å²) < 4.78 is 58.9. The maximum absolute atomic E-state index is 14.2.